The molecule has 2 aromatic carbocycles. The van der Waals surface area contributed by atoms with Crippen molar-refractivity contribution < 1.29 is 17.9 Å². The first-order valence-electron chi connectivity index (χ1n) is 6.22. The van der Waals surface area contributed by atoms with E-state index < -0.39 is 6.36 Å². The second-order valence-electron chi connectivity index (χ2n) is 4.63. The maximum Gasteiger partial charge on any atom is 0.573 e. The quantitative estimate of drug-likeness (QED) is 0.632. The summed E-state index contributed by atoms with van der Waals surface area (Å²) >= 11 is 7.88. The van der Waals surface area contributed by atoms with Crippen LogP contribution in [-0.2, 0) is 6.42 Å². The first-order chi connectivity index (χ1) is 9.92. The third-order valence-electron chi connectivity index (χ3n) is 3.14. The Hall–Kier alpha value is -1.33. The van der Waals surface area contributed by atoms with Gasteiger partial charge >= 0.3 is 6.36 Å². The van der Waals surface area contributed by atoms with Crippen molar-refractivity contribution in [3.8, 4) is 5.75 Å². The molecule has 1 nitrogen and oxygen atoms in total. The number of alkyl halides is 4. The Balaban J connectivity index is 1.98. The van der Waals surface area contributed by atoms with Crippen molar-refractivity contribution >= 4 is 23.4 Å². The van der Waals surface area contributed by atoms with Crippen LogP contribution in [0.1, 0.15) is 16.5 Å². The van der Waals surface area contributed by atoms with Crippen LogP contribution in [0.5, 0.6) is 5.75 Å². The average Bonchev–Trinajstić information content (AvgIpc) is 2.53. The van der Waals surface area contributed by atoms with Crippen molar-refractivity contribution in [3.05, 3.63) is 53.6 Å². The maximum atomic E-state index is 12.3. The lowest BCUT2D eigenvalue weighted by Crippen LogP contribution is -2.17. The van der Waals surface area contributed by atoms with Crippen molar-refractivity contribution in [3.63, 3.8) is 0 Å². The lowest BCUT2D eigenvalue weighted by molar-refractivity contribution is -0.274. The van der Waals surface area contributed by atoms with Crippen LogP contribution < -0.4 is 4.74 Å². The molecule has 0 radical (unpaired) electrons. The zero-order chi connectivity index (χ0) is 15.0. The Bertz CT molecular complexity index is 672. The van der Waals surface area contributed by atoms with E-state index in [4.69, 9.17) is 11.6 Å². The van der Waals surface area contributed by atoms with Crippen molar-refractivity contribution in [2.24, 2.45) is 0 Å². The van der Waals surface area contributed by atoms with Gasteiger partial charge in [-0.2, -0.15) is 0 Å². The van der Waals surface area contributed by atoms with Gasteiger partial charge in [0.25, 0.3) is 0 Å². The van der Waals surface area contributed by atoms with Crippen LogP contribution in [0.25, 0.3) is 0 Å². The first kappa shape index (κ1) is 14.6. The number of halogens is 4. The van der Waals surface area contributed by atoms with Crippen molar-refractivity contribution in [1.82, 2.24) is 0 Å². The summed E-state index contributed by atoms with van der Waals surface area (Å²) in [7, 11) is 0. The van der Waals surface area contributed by atoms with Crippen LogP contribution in [-0.4, -0.2) is 6.36 Å². The van der Waals surface area contributed by atoms with Gasteiger partial charge in [-0.05, 0) is 41.8 Å². The van der Waals surface area contributed by atoms with Gasteiger partial charge in [0.05, 0.1) is 5.38 Å². The van der Waals surface area contributed by atoms with Crippen molar-refractivity contribution in [2.45, 2.75) is 28.0 Å². The Morgan fingerprint density at radius 3 is 2.62 bits per heavy atom. The standard InChI is InChI=1S/C15H10ClF3OS/c16-12-7-9-3-1-2-4-13(9)21-14-6-5-10(8-11(12)14)20-15(17,18)19/h1-6,8,12H,7H2. The van der Waals surface area contributed by atoms with E-state index in [0.29, 0.717) is 12.0 Å². The van der Waals surface area contributed by atoms with Gasteiger partial charge in [-0.1, -0.05) is 30.0 Å². The molecule has 0 N–H and O–H groups in total. The molecule has 3 rings (SSSR count). The third-order valence-corrected chi connectivity index (χ3v) is 4.74. The minimum atomic E-state index is -4.70. The maximum absolute atomic E-state index is 12.3. The molecule has 1 aliphatic heterocycles. The number of hydrogen-bond acceptors (Lipinski definition) is 2. The SMILES string of the molecule is FC(F)(F)Oc1ccc2c(c1)C(Cl)Cc1ccccc1S2. The van der Waals surface area contributed by atoms with Crippen molar-refractivity contribution in [1.29, 1.82) is 0 Å². The Morgan fingerprint density at radius 2 is 1.86 bits per heavy atom. The van der Waals surface area contributed by atoms with E-state index in [1.807, 2.05) is 24.3 Å². The predicted molar refractivity (Wildman–Crippen MR) is 76.0 cm³/mol. The third kappa shape index (κ3) is 3.30. The van der Waals surface area contributed by atoms with Crippen LogP contribution in [0, 0.1) is 0 Å². The summed E-state index contributed by atoms with van der Waals surface area (Å²) < 4.78 is 40.9. The number of rotatable bonds is 1. The molecule has 1 atom stereocenters. The number of ether oxygens (including phenoxy) is 1. The highest BCUT2D eigenvalue weighted by atomic mass is 35.5. The highest BCUT2D eigenvalue weighted by Crippen LogP contribution is 2.44. The fraction of sp³-hybridized carbons (Fsp3) is 0.200. The van der Waals surface area contributed by atoms with Gasteiger partial charge in [0.2, 0.25) is 0 Å². The molecule has 0 saturated carbocycles. The molecule has 0 aliphatic carbocycles. The Morgan fingerprint density at radius 1 is 1.10 bits per heavy atom. The molecule has 0 amide bonds. The average molecular weight is 331 g/mol. The minimum absolute atomic E-state index is 0.238. The fourth-order valence-corrected chi connectivity index (χ4v) is 3.79. The number of fused-ring (bicyclic) bond motifs is 2. The molecule has 110 valence electrons. The normalized spacial score (nSPS) is 17.6. The van der Waals surface area contributed by atoms with Gasteiger partial charge in [-0.15, -0.1) is 24.8 Å². The molecular formula is C15H10ClF3OS. The van der Waals surface area contributed by atoms with E-state index in [1.165, 1.54) is 23.9 Å². The number of benzene rings is 2. The predicted octanol–water partition coefficient (Wildman–Crippen LogP) is 5.57. The summed E-state index contributed by atoms with van der Waals surface area (Å²) in [6.07, 6.45) is -4.12. The molecule has 0 saturated heterocycles. The summed E-state index contributed by atoms with van der Waals surface area (Å²) in [5, 5.41) is -0.382. The Labute approximate surface area is 129 Å². The van der Waals surface area contributed by atoms with Crippen molar-refractivity contribution in [2.75, 3.05) is 0 Å². The van der Waals surface area contributed by atoms with E-state index in [-0.39, 0.29) is 11.1 Å². The van der Waals surface area contributed by atoms with Gasteiger partial charge in [0, 0.05) is 9.79 Å². The smallest absolute Gasteiger partial charge is 0.406 e. The van der Waals surface area contributed by atoms with Gasteiger partial charge in [-0.25, -0.2) is 0 Å². The van der Waals surface area contributed by atoms with E-state index in [1.54, 1.807) is 6.07 Å². The van der Waals surface area contributed by atoms with E-state index >= 15 is 0 Å². The van der Waals surface area contributed by atoms with Crippen LogP contribution in [0.4, 0.5) is 13.2 Å². The topological polar surface area (TPSA) is 9.23 Å². The zero-order valence-electron chi connectivity index (χ0n) is 10.7. The van der Waals surface area contributed by atoms with E-state index in [2.05, 4.69) is 4.74 Å². The highest BCUT2D eigenvalue weighted by Gasteiger charge is 2.32. The van der Waals surface area contributed by atoms with Crippen LogP contribution >= 0.6 is 23.4 Å². The largest absolute Gasteiger partial charge is 0.573 e. The molecule has 1 unspecified atom stereocenters. The minimum Gasteiger partial charge on any atom is -0.406 e. The zero-order valence-corrected chi connectivity index (χ0v) is 12.2. The van der Waals surface area contributed by atoms with Gasteiger partial charge in [0.1, 0.15) is 5.75 Å². The van der Waals surface area contributed by atoms with Gasteiger partial charge < -0.3 is 4.74 Å². The monoisotopic (exact) mass is 330 g/mol. The molecule has 0 aromatic heterocycles. The highest BCUT2D eigenvalue weighted by molar-refractivity contribution is 7.99. The number of hydrogen-bond donors (Lipinski definition) is 0. The molecular weight excluding hydrogens is 321 g/mol. The summed E-state index contributed by atoms with van der Waals surface area (Å²) in [6, 6.07) is 12.1. The van der Waals surface area contributed by atoms with E-state index in [9.17, 15) is 13.2 Å². The second kappa shape index (κ2) is 5.46. The summed E-state index contributed by atoms with van der Waals surface area (Å²) in [6.45, 7) is 0. The molecule has 1 heterocycles. The van der Waals surface area contributed by atoms with Crippen LogP contribution in [0.15, 0.2) is 52.3 Å². The lowest BCUT2D eigenvalue weighted by atomic mass is 10.0. The molecule has 0 fully saturated rings. The lowest BCUT2D eigenvalue weighted by Gasteiger charge is -2.14. The van der Waals surface area contributed by atoms with Crippen LogP contribution in [0.2, 0.25) is 0 Å². The molecule has 2 aromatic rings. The second-order valence-corrected chi connectivity index (χ2v) is 6.24. The summed E-state index contributed by atoms with van der Waals surface area (Å²) in [5.74, 6) is -0.238. The molecule has 0 bridgehead atoms. The molecule has 0 spiro atoms. The molecule has 21 heavy (non-hydrogen) atoms. The Kier molecular flexibility index (Phi) is 3.80. The van der Waals surface area contributed by atoms with E-state index in [0.717, 1.165) is 15.4 Å². The van der Waals surface area contributed by atoms with Crippen LogP contribution in [0.3, 0.4) is 0 Å². The fourth-order valence-electron chi connectivity index (χ4n) is 2.25. The first-order valence-corrected chi connectivity index (χ1v) is 7.47. The van der Waals surface area contributed by atoms with Gasteiger partial charge in [-0.3, -0.25) is 0 Å². The molecule has 6 heteroatoms. The summed E-state index contributed by atoms with van der Waals surface area (Å²) in [5.41, 5.74) is 1.76. The van der Waals surface area contributed by atoms with Gasteiger partial charge in [0.15, 0.2) is 0 Å². The molecule has 1 aliphatic rings. The summed E-state index contributed by atoms with van der Waals surface area (Å²) in [4.78, 5) is 1.93.